The summed E-state index contributed by atoms with van der Waals surface area (Å²) >= 11 is 0. The Kier molecular flexibility index (Phi) is 11.0. The Hall–Kier alpha value is -0.192. The average molecular weight is 519 g/mol. The summed E-state index contributed by atoms with van der Waals surface area (Å²) in [6.45, 7) is 33.9. The Morgan fingerprint density at radius 2 is 0.812 bits per heavy atom. The Balaban J connectivity index is 4.85. The summed E-state index contributed by atoms with van der Waals surface area (Å²) in [4.78, 5) is 24.9. The van der Waals surface area contributed by atoms with E-state index in [1.165, 1.54) is 0 Å². The lowest BCUT2D eigenvalue weighted by Crippen LogP contribution is -2.45. The summed E-state index contributed by atoms with van der Waals surface area (Å²) in [6.07, 6.45) is 0.205. The summed E-state index contributed by atoms with van der Waals surface area (Å²) in [5.74, 6) is -0.561. The molecule has 0 aromatic rings. The van der Waals surface area contributed by atoms with E-state index >= 15 is 0 Å². The Morgan fingerprint density at radius 3 is 1.00 bits per heavy atom. The van der Waals surface area contributed by atoms with Crippen LogP contribution >= 0.6 is 0 Å². The molecule has 0 aromatic carbocycles. The number of hydrogen-bond acceptors (Lipinski definition) is 4. The lowest BCUT2D eigenvalue weighted by Gasteiger charge is -2.43. The molecule has 2 atom stereocenters. The highest BCUT2D eigenvalue weighted by Gasteiger charge is 2.44. The molecular weight excluding hydrogens is 465 g/mol. The third-order valence-electron chi connectivity index (χ3n) is 7.10. The number of carbonyl (C=O) groups excluding carboxylic acids is 2. The molecule has 0 aliphatic rings. The van der Waals surface area contributed by atoms with Crippen LogP contribution in [0, 0.1) is 0 Å². The van der Waals surface area contributed by atoms with Gasteiger partial charge in [-0.05, 0) is 10.1 Å². The second kappa shape index (κ2) is 11.0. The highest BCUT2D eigenvalue weighted by Crippen LogP contribution is 2.46. The number of carbonyl (C=O) groups is 2. The zero-order valence-corrected chi connectivity index (χ0v) is 27.9. The van der Waals surface area contributed by atoms with E-state index in [0.717, 1.165) is 12.1 Å². The summed E-state index contributed by atoms with van der Waals surface area (Å²) in [7, 11) is -5.66. The number of rotatable bonds is 13. The van der Waals surface area contributed by atoms with E-state index in [1.54, 1.807) is 0 Å². The van der Waals surface area contributed by atoms with Gasteiger partial charge in [0.15, 0.2) is 0 Å². The molecule has 0 N–H and O–H groups in total. The minimum Gasteiger partial charge on any atom is -0.465 e. The van der Waals surface area contributed by atoms with E-state index < -0.39 is 32.3 Å². The zero-order chi connectivity index (χ0) is 25.8. The van der Waals surface area contributed by atoms with Gasteiger partial charge in [-0.3, -0.25) is 9.59 Å². The molecule has 0 saturated heterocycles. The van der Waals surface area contributed by atoms with Gasteiger partial charge >= 0.3 is 11.9 Å². The third-order valence-corrected chi connectivity index (χ3v) is 19.4. The lowest BCUT2D eigenvalue weighted by atomic mass is 10.2. The van der Waals surface area contributed by atoms with Gasteiger partial charge in [0.2, 0.25) is 0 Å². The first-order valence-corrected chi connectivity index (χ1v) is 26.6. The van der Waals surface area contributed by atoms with Crippen molar-refractivity contribution < 1.29 is 19.1 Å². The maximum absolute atomic E-state index is 12.4. The molecule has 0 aliphatic carbocycles. The van der Waals surface area contributed by atoms with Gasteiger partial charge in [0.1, 0.15) is 0 Å². The second-order valence-corrected chi connectivity index (χ2v) is 37.3. The van der Waals surface area contributed by atoms with Crippen LogP contribution in [-0.2, 0) is 19.1 Å². The van der Waals surface area contributed by atoms with E-state index in [0.29, 0.717) is 13.2 Å². The highest BCUT2D eigenvalue weighted by atomic mass is 28.3. The fraction of sp³-hybridized carbons (Fsp3) is 0.917. The van der Waals surface area contributed by atoms with Crippen LogP contribution in [0.2, 0.25) is 101 Å². The molecule has 0 radical (unpaired) electrons. The van der Waals surface area contributed by atoms with Gasteiger partial charge in [-0.15, -0.1) is 0 Å². The zero-order valence-electron chi connectivity index (χ0n) is 23.9. The first-order chi connectivity index (χ1) is 13.9. The van der Waals surface area contributed by atoms with E-state index in [-0.39, 0.29) is 34.9 Å². The molecule has 0 saturated carbocycles. The summed E-state index contributed by atoms with van der Waals surface area (Å²) in [6, 6.07) is 2.30. The largest absolute Gasteiger partial charge is 0.465 e. The summed E-state index contributed by atoms with van der Waals surface area (Å²) < 4.78 is 11.4. The van der Waals surface area contributed by atoms with E-state index in [9.17, 15) is 9.59 Å². The molecule has 0 rings (SSSR count). The predicted octanol–water partition coefficient (Wildman–Crippen LogP) is 7.73. The molecule has 0 aliphatic heterocycles. The molecule has 0 spiro atoms. The molecular formula is C24H54O4Si4. The molecule has 190 valence electrons. The molecule has 8 heteroatoms. The fourth-order valence-electron chi connectivity index (χ4n) is 4.23. The standard InChI is InChI=1S/C24H54O4Si4/c1-23(31(9,10)11,19-29(3,4)5)17-27-21(25)15-16-22(26)28-18-24(2,32(12,13)14)20-30(6,7)8/h15-20H2,1-14H3. The van der Waals surface area contributed by atoms with Crippen molar-refractivity contribution in [3.05, 3.63) is 0 Å². The first kappa shape index (κ1) is 31.8. The Labute approximate surface area is 203 Å². The van der Waals surface area contributed by atoms with Crippen molar-refractivity contribution in [1.29, 1.82) is 0 Å². The maximum Gasteiger partial charge on any atom is 0.306 e. The van der Waals surface area contributed by atoms with Crippen molar-refractivity contribution in [2.45, 2.75) is 127 Å². The van der Waals surface area contributed by atoms with Gasteiger partial charge in [0.25, 0.3) is 0 Å². The predicted molar refractivity (Wildman–Crippen MR) is 151 cm³/mol. The van der Waals surface area contributed by atoms with Crippen molar-refractivity contribution in [2.24, 2.45) is 0 Å². The van der Waals surface area contributed by atoms with Crippen molar-refractivity contribution in [3.63, 3.8) is 0 Å². The van der Waals surface area contributed by atoms with Crippen LogP contribution < -0.4 is 0 Å². The van der Waals surface area contributed by atoms with Gasteiger partial charge in [0, 0.05) is 16.1 Å². The quantitative estimate of drug-likeness (QED) is 0.185. The fourth-order valence-corrected chi connectivity index (χ4v) is 17.6. The number of esters is 2. The smallest absolute Gasteiger partial charge is 0.306 e. The molecule has 32 heavy (non-hydrogen) atoms. The Morgan fingerprint density at radius 1 is 0.562 bits per heavy atom. The van der Waals surface area contributed by atoms with Gasteiger partial charge in [-0.25, -0.2) is 0 Å². The molecule has 0 amide bonds. The van der Waals surface area contributed by atoms with Crippen LogP contribution in [0.1, 0.15) is 26.7 Å². The second-order valence-electron chi connectivity index (χ2n) is 14.9. The summed E-state index contributed by atoms with van der Waals surface area (Å²) in [5.41, 5.74) is 0. The topological polar surface area (TPSA) is 52.6 Å². The first-order valence-electron chi connectivity index (χ1n) is 12.2. The van der Waals surface area contributed by atoms with Crippen LogP contribution in [0.15, 0.2) is 0 Å². The normalized spacial score (nSPS) is 17.3. The van der Waals surface area contributed by atoms with Crippen molar-refractivity contribution in [1.82, 2.24) is 0 Å². The van der Waals surface area contributed by atoms with Gasteiger partial charge in [0.05, 0.1) is 42.2 Å². The van der Waals surface area contributed by atoms with Crippen molar-refractivity contribution in [3.8, 4) is 0 Å². The van der Waals surface area contributed by atoms with Crippen LogP contribution in [0.5, 0.6) is 0 Å². The molecule has 2 unspecified atom stereocenters. The number of ether oxygens (including phenoxy) is 2. The minimum atomic E-state index is -1.53. The molecule has 0 fully saturated rings. The van der Waals surface area contributed by atoms with E-state index in [1.807, 2.05) is 0 Å². The van der Waals surface area contributed by atoms with Crippen molar-refractivity contribution in [2.75, 3.05) is 13.2 Å². The van der Waals surface area contributed by atoms with Crippen LogP contribution in [0.3, 0.4) is 0 Å². The lowest BCUT2D eigenvalue weighted by molar-refractivity contribution is -0.151. The van der Waals surface area contributed by atoms with Gasteiger partial charge < -0.3 is 9.47 Å². The van der Waals surface area contributed by atoms with Gasteiger partial charge in [-0.1, -0.05) is 104 Å². The minimum absolute atomic E-state index is 0.0592. The van der Waals surface area contributed by atoms with E-state index in [2.05, 4.69) is 92.4 Å². The molecule has 0 aromatic heterocycles. The SMILES string of the molecule is CC(COC(=O)CCC(=O)OCC(C)(C[Si](C)(C)C)[Si](C)(C)C)(C[Si](C)(C)C)[Si](C)(C)C. The third kappa shape index (κ3) is 11.3. The monoisotopic (exact) mass is 518 g/mol. The maximum atomic E-state index is 12.4. The summed E-state index contributed by atoms with van der Waals surface area (Å²) in [5, 5.41) is 0.118. The van der Waals surface area contributed by atoms with Crippen LogP contribution in [0.25, 0.3) is 0 Å². The Bertz CT molecular complexity index is 582. The number of hydrogen-bond donors (Lipinski definition) is 0. The highest BCUT2D eigenvalue weighted by molar-refractivity contribution is 6.84. The van der Waals surface area contributed by atoms with E-state index in [4.69, 9.17) is 9.47 Å². The van der Waals surface area contributed by atoms with Crippen LogP contribution in [0.4, 0.5) is 0 Å². The average Bonchev–Trinajstić information content (AvgIpc) is 2.51. The van der Waals surface area contributed by atoms with Gasteiger partial charge in [-0.2, -0.15) is 0 Å². The van der Waals surface area contributed by atoms with Crippen LogP contribution in [-0.4, -0.2) is 57.4 Å². The molecule has 0 heterocycles. The van der Waals surface area contributed by atoms with Crippen molar-refractivity contribution >= 4 is 44.2 Å². The molecule has 4 nitrogen and oxygen atoms in total. The molecule has 0 bridgehead atoms.